The molecule has 12 heteroatoms. The Balaban J connectivity index is 1.55. The summed E-state index contributed by atoms with van der Waals surface area (Å²) in [7, 11) is 0. The van der Waals surface area contributed by atoms with Gasteiger partial charge in [-0.25, -0.2) is 9.78 Å². The number of rotatable bonds is 18. The molecular weight excluding hydrogens is 638 g/mol. The molecule has 3 amide bonds. The molecule has 0 fully saturated rings. The third kappa shape index (κ3) is 11.7. The number of benzene rings is 3. The Morgan fingerprint density at radius 3 is 2.26 bits per heavy atom. The number of ether oxygens (including phenoxy) is 2. The summed E-state index contributed by atoms with van der Waals surface area (Å²) in [5.74, 6) is -1.48. The van der Waals surface area contributed by atoms with Crippen LogP contribution < -0.4 is 16.0 Å². The first-order chi connectivity index (χ1) is 24.1. The number of aliphatic hydroxyl groups is 1. The van der Waals surface area contributed by atoms with Crippen LogP contribution in [0, 0.1) is 5.92 Å². The van der Waals surface area contributed by atoms with Gasteiger partial charge in [0.25, 0.3) is 0 Å². The van der Waals surface area contributed by atoms with Crippen LogP contribution in [0.15, 0.2) is 85.3 Å². The van der Waals surface area contributed by atoms with Crippen molar-refractivity contribution in [2.75, 3.05) is 6.61 Å². The van der Waals surface area contributed by atoms with E-state index in [1.165, 1.54) is 6.33 Å². The second-order valence-electron chi connectivity index (χ2n) is 12.6. The molecule has 0 aliphatic heterocycles. The molecule has 0 radical (unpaired) electrons. The number of esters is 1. The lowest BCUT2D eigenvalue weighted by Gasteiger charge is -2.29. The van der Waals surface area contributed by atoms with Gasteiger partial charge in [-0.1, -0.05) is 86.6 Å². The van der Waals surface area contributed by atoms with Gasteiger partial charge in [0, 0.05) is 25.5 Å². The fourth-order valence-corrected chi connectivity index (χ4v) is 5.70. The zero-order valence-corrected chi connectivity index (χ0v) is 28.8. The number of H-pyrrole nitrogens is 1. The molecule has 4 aromatic rings. The molecule has 2 unspecified atom stereocenters. The molecule has 1 heterocycles. The van der Waals surface area contributed by atoms with Crippen molar-refractivity contribution in [2.45, 2.75) is 83.7 Å². The zero-order valence-electron chi connectivity index (χ0n) is 28.8. The maximum absolute atomic E-state index is 14.1. The second-order valence-corrected chi connectivity index (χ2v) is 12.6. The molecular formula is C38H47N5O7. The number of aromatic amines is 1. The Kier molecular flexibility index (Phi) is 14.3. The Hall–Kier alpha value is -5.23. The van der Waals surface area contributed by atoms with Crippen LogP contribution in [0.4, 0.5) is 4.79 Å². The van der Waals surface area contributed by atoms with Gasteiger partial charge in [0.1, 0.15) is 18.7 Å². The molecule has 50 heavy (non-hydrogen) atoms. The van der Waals surface area contributed by atoms with Gasteiger partial charge >= 0.3 is 12.1 Å². The highest BCUT2D eigenvalue weighted by Gasteiger charge is 2.31. The van der Waals surface area contributed by atoms with Gasteiger partial charge < -0.3 is 35.5 Å². The van der Waals surface area contributed by atoms with Crippen LogP contribution in [-0.4, -0.2) is 69.8 Å². The summed E-state index contributed by atoms with van der Waals surface area (Å²) >= 11 is 0. The third-order valence-electron chi connectivity index (χ3n) is 8.19. The van der Waals surface area contributed by atoms with Crippen molar-refractivity contribution in [3.8, 4) is 0 Å². The number of carbonyl (C=O) groups is 4. The number of alkyl carbamates (subject to hydrolysis) is 1. The van der Waals surface area contributed by atoms with E-state index in [-0.39, 0.29) is 44.8 Å². The molecule has 1 aromatic heterocycles. The fourth-order valence-electron chi connectivity index (χ4n) is 5.70. The van der Waals surface area contributed by atoms with Gasteiger partial charge in [-0.3, -0.25) is 14.4 Å². The molecule has 4 atom stereocenters. The van der Waals surface area contributed by atoms with Gasteiger partial charge in [0.2, 0.25) is 11.8 Å². The van der Waals surface area contributed by atoms with Crippen molar-refractivity contribution in [2.24, 2.45) is 5.92 Å². The summed E-state index contributed by atoms with van der Waals surface area (Å²) in [4.78, 5) is 60.1. The van der Waals surface area contributed by atoms with E-state index in [9.17, 15) is 24.3 Å². The minimum atomic E-state index is -1.12. The third-order valence-corrected chi connectivity index (χ3v) is 8.19. The van der Waals surface area contributed by atoms with Crippen molar-refractivity contribution in [3.63, 3.8) is 0 Å². The number of amides is 3. The predicted molar refractivity (Wildman–Crippen MR) is 189 cm³/mol. The molecule has 12 nitrogen and oxygen atoms in total. The smallest absolute Gasteiger partial charge is 0.408 e. The Morgan fingerprint density at radius 1 is 0.840 bits per heavy atom. The number of hydrogen-bond donors (Lipinski definition) is 5. The summed E-state index contributed by atoms with van der Waals surface area (Å²) in [6.45, 7) is 5.87. The monoisotopic (exact) mass is 685 g/mol. The lowest BCUT2D eigenvalue weighted by atomic mass is 9.95. The van der Waals surface area contributed by atoms with E-state index in [0.717, 1.165) is 21.9 Å². The van der Waals surface area contributed by atoms with Crippen LogP contribution >= 0.6 is 0 Å². The van der Waals surface area contributed by atoms with E-state index in [0.29, 0.717) is 12.1 Å². The number of nitrogens with one attached hydrogen (secondary N) is 4. The fraction of sp³-hybridized carbons (Fsp3) is 0.395. The van der Waals surface area contributed by atoms with Gasteiger partial charge in [-0.05, 0) is 47.6 Å². The van der Waals surface area contributed by atoms with Crippen LogP contribution in [0.3, 0.4) is 0 Å². The normalized spacial score (nSPS) is 13.5. The lowest BCUT2D eigenvalue weighted by molar-refractivity contribution is -0.143. The minimum absolute atomic E-state index is 0.00516. The van der Waals surface area contributed by atoms with Crippen molar-refractivity contribution in [3.05, 3.63) is 102 Å². The standard InChI is InChI=1S/C38H47N5O7/c1-4-49-35(45)18-17-34(44)31(19-25(2)3)41-37(47)33(21-29-22-39-24-40-29)42-36(46)32(43-38(48)50-23-26-11-6-5-7-12-26)20-28-15-10-14-27-13-8-9-16-30(27)28/h5-16,22,24-25,31-34,44H,4,17-21,23H2,1-3H3,(H,39,40)(H,41,47)(H,42,46)(H,43,48)/t31?,32-,33-,34?/m0/s1. The van der Waals surface area contributed by atoms with Crippen LogP contribution in [-0.2, 0) is 43.3 Å². The summed E-state index contributed by atoms with van der Waals surface area (Å²) < 4.78 is 10.5. The van der Waals surface area contributed by atoms with Crippen LogP contribution in [0.1, 0.15) is 56.9 Å². The van der Waals surface area contributed by atoms with Crippen molar-refractivity contribution in [1.29, 1.82) is 0 Å². The van der Waals surface area contributed by atoms with Crippen molar-refractivity contribution in [1.82, 2.24) is 25.9 Å². The molecule has 5 N–H and O–H groups in total. The molecule has 3 aromatic carbocycles. The van der Waals surface area contributed by atoms with Gasteiger partial charge in [-0.2, -0.15) is 0 Å². The van der Waals surface area contributed by atoms with Gasteiger partial charge in [0.05, 0.1) is 30.8 Å². The molecule has 0 saturated carbocycles. The van der Waals surface area contributed by atoms with E-state index in [1.807, 2.05) is 86.6 Å². The first-order valence-electron chi connectivity index (χ1n) is 17.0. The minimum Gasteiger partial charge on any atom is -0.466 e. The number of nitrogens with zero attached hydrogens (tertiary/aromatic N) is 1. The average molecular weight is 686 g/mol. The molecule has 266 valence electrons. The maximum atomic E-state index is 14.1. The summed E-state index contributed by atoms with van der Waals surface area (Å²) in [5, 5.41) is 21.4. The molecule has 0 aliphatic carbocycles. The number of aromatic nitrogens is 2. The molecule has 0 bridgehead atoms. The topological polar surface area (TPSA) is 172 Å². The number of aliphatic hydroxyl groups excluding tert-OH is 1. The quantitative estimate of drug-likeness (QED) is 0.0962. The molecule has 0 saturated heterocycles. The largest absolute Gasteiger partial charge is 0.466 e. The second kappa shape index (κ2) is 19.1. The summed E-state index contributed by atoms with van der Waals surface area (Å²) in [6.07, 6.45) is 1.94. The predicted octanol–water partition coefficient (Wildman–Crippen LogP) is 4.36. The summed E-state index contributed by atoms with van der Waals surface area (Å²) in [6, 6.07) is 19.7. The van der Waals surface area contributed by atoms with E-state index < -0.39 is 48.1 Å². The highest BCUT2D eigenvalue weighted by atomic mass is 16.5. The van der Waals surface area contributed by atoms with Crippen molar-refractivity contribution >= 4 is 34.6 Å². The first kappa shape index (κ1) is 37.6. The molecule has 4 rings (SSSR count). The Bertz CT molecular complexity index is 1670. The van der Waals surface area contributed by atoms with Gasteiger partial charge in [0.15, 0.2) is 0 Å². The molecule has 0 aliphatic rings. The van der Waals surface area contributed by atoms with Crippen LogP contribution in [0.25, 0.3) is 10.8 Å². The van der Waals surface area contributed by atoms with Crippen LogP contribution in [0.5, 0.6) is 0 Å². The highest BCUT2D eigenvalue weighted by molar-refractivity contribution is 5.93. The van der Waals surface area contributed by atoms with E-state index in [4.69, 9.17) is 9.47 Å². The average Bonchev–Trinajstić information content (AvgIpc) is 3.62. The zero-order chi connectivity index (χ0) is 35.9. The van der Waals surface area contributed by atoms with Crippen LogP contribution in [0.2, 0.25) is 0 Å². The lowest BCUT2D eigenvalue weighted by Crippen LogP contribution is -2.57. The number of carbonyl (C=O) groups excluding carboxylic acids is 4. The number of hydrogen-bond acceptors (Lipinski definition) is 8. The van der Waals surface area contributed by atoms with Crippen molar-refractivity contribution < 1.29 is 33.8 Å². The number of imidazole rings is 1. The molecule has 0 spiro atoms. The van der Waals surface area contributed by atoms with E-state index in [2.05, 4.69) is 25.9 Å². The first-order valence-corrected chi connectivity index (χ1v) is 17.0. The van der Waals surface area contributed by atoms with E-state index in [1.54, 1.807) is 13.1 Å². The number of fused-ring (bicyclic) bond motifs is 1. The maximum Gasteiger partial charge on any atom is 0.408 e. The Labute approximate surface area is 292 Å². The van der Waals surface area contributed by atoms with Gasteiger partial charge in [-0.15, -0.1) is 0 Å². The van der Waals surface area contributed by atoms with E-state index >= 15 is 0 Å². The SMILES string of the molecule is CCOC(=O)CCC(O)C(CC(C)C)NC(=O)[C@H](Cc1c[nH]cn1)NC(=O)[C@H](Cc1cccc2ccccc12)NC(=O)OCc1ccccc1. The Morgan fingerprint density at radius 2 is 1.54 bits per heavy atom. The highest BCUT2D eigenvalue weighted by Crippen LogP contribution is 2.20. The summed E-state index contributed by atoms with van der Waals surface area (Å²) in [5.41, 5.74) is 2.13.